The number of ether oxygens (including phenoxy) is 1. The van der Waals surface area contributed by atoms with E-state index >= 15 is 0 Å². The van der Waals surface area contributed by atoms with Crippen LogP contribution < -0.4 is 10.2 Å². The smallest absolute Gasteiger partial charge is 0.273 e. The highest BCUT2D eigenvalue weighted by molar-refractivity contribution is 6.05. The maximum atomic E-state index is 12.2. The molecule has 3 aromatic rings. The van der Waals surface area contributed by atoms with E-state index in [-0.39, 0.29) is 5.91 Å². The molecule has 0 fully saturated rings. The molecule has 0 saturated carbocycles. The topological polar surface area (TPSA) is 66.5 Å². The Morgan fingerprint density at radius 3 is 2.91 bits per heavy atom. The number of nitrogens with zero attached hydrogens (tertiary/aromatic N) is 1. The van der Waals surface area contributed by atoms with Crippen molar-refractivity contribution < 1.29 is 9.53 Å². The Balaban J connectivity index is 1.77. The summed E-state index contributed by atoms with van der Waals surface area (Å²) < 4.78 is 5.23. The third kappa shape index (κ3) is 2.69. The van der Waals surface area contributed by atoms with Crippen LogP contribution in [-0.2, 0) is 0 Å². The maximum absolute atomic E-state index is 12.2. The Kier molecular flexibility index (Phi) is 3.87. The van der Waals surface area contributed by atoms with Gasteiger partial charge in [0, 0.05) is 17.1 Å². The lowest BCUT2D eigenvalue weighted by Gasteiger charge is -2.04. The van der Waals surface area contributed by atoms with Gasteiger partial charge >= 0.3 is 0 Å². The molecule has 0 aliphatic heterocycles. The molecule has 0 aliphatic rings. The van der Waals surface area contributed by atoms with Gasteiger partial charge < -0.3 is 9.72 Å². The summed E-state index contributed by atoms with van der Waals surface area (Å²) in [6.07, 6.45) is 3.37. The highest BCUT2D eigenvalue weighted by atomic mass is 16.5. The first-order valence-corrected chi connectivity index (χ1v) is 6.82. The number of para-hydroxylation sites is 2. The van der Waals surface area contributed by atoms with Crippen LogP contribution in [0.5, 0.6) is 5.75 Å². The second-order valence-corrected chi connectivity index (χ2v) is 4.69. The van der Waals surface area contributed by atoms with Crippen molar-refractivity contribution in [2.24, 2.45) is 5.10 Å². The minimum Gasteiger partial charge on any atom is -0.496 e. The van der Waals surface area contributed by atoms with E-state index in [4.69, 9.17) is 4.74 Å². The first-order chi connectivity index (χ1) is 10.8. The molecule has 22 heavy (non-hydrogen) atoms. The van der Waals surface area contributed by atoms with Gasteiger partial charge in [-0.1, -0.05) is 24.3 Å². The monoisotopic (exact) mass is 293 g/mol. The zero-order valence-electron chi connectivity index (χ0n) is 12.0. The molecule has 5 nitrogen and oxygen atoms in total. The molecular weight excluding hydrogens is 278 g/mol. The van der Waals surface area contributed by atoms with Crippen LogP contribution >= 0.6 is 0 Å². The number of hydrogen-bond acceptors (Lipinski definition) is 3. The molecule has 110 valence electrons. The van der Waals surface area contributed by atoms with Gasteiger partial charge in [-0.25, -0.2) is 5.43 Å². The number of nitrogens with one attached hydrogen (secondary N) is 2. The van der Waals surface area contributed by atoms with E-state index in [1.54, 1.807) is 25.6 Å². The number of methoxy groups -OCH3 is 1. The fourth-order valence-corrected chi connectivity index (χ4v) is 2.27. The zero-order valence-corrected chi connectivity index (χ0v) is 12.0. The lowest BCUT2D eigenvalue weighted by molar-refractivity contribution is 0.0956. The van der Waals surface area contributed by atoms with Crippen LogP contribution in [0.25, 0.3) is 10.9 Å². The summed E-state index contributed by atoms with van der Waals surface area (Å²) in [5.74, 6) is 0.436. The summed E-state index contributed by atoms with van der Waals surface area (Å²) >= 11 is 0. The van der Waals surface area contributed by atoms with E-state index in [1.165, 1.54) is 0 Å². The summed E-state index contributed by atoms with van der Waals surface area (Å²) in [5.41, 5.74) is 4.68. The number of amides is 1. The van der Waals surface area contributed by atoms with Crippen molar-refractivity contribution in [1.82, 2.24) is 10.4 Å². The lowest BCUT2D eigenvalue weighted by Crippen LogP contribution is -2.18. The number of fused-ring (bicyclic) bond motifs is 1. The van der Waals surface area contributed by atoms with Crippen LogP contribution in [0.2, 0.25) is 0 Å². The molecular formula is C17H15N3O2. The first kappa shape index (κ1) is 13.9. The van der Waals surface area contributed by atoms with Crippen LogP contribution in [0.15, 0.2) is 59.8 Å². The summed E-state index contributed by atoms with van der Waals surface area (Å²) in [5, 5.41) is 4.99. The Hall–Kier alpha value is -3.08. The average molecular weight is 293 g/mol. The van der Waals surface area contributed by atoms with Crippen LogP contribution in [-0.4, -0.2) is 24.2 Å². The summed E-state index contributed by atoms with van der Waals surface area (Å²) in [6, 6.07) is 14.9. The molecule has 1 aromatic heterocycles. The van der Waals surface area contributed by atoms with E-state index < -0.39 is 0 Å². The van der Waals surface area contributed by atoms with Gasteiger partial charge in [0.05, 0.1) is 24.4 Å². The molecule has 0 unspecified atom stereocenters. The third-order valence-corrected chi connectivity index (χ3v) is 3.34. The van der Waals surface area contributed by atoms with Gasteiger partial charge in [-0.2, -0.15) is 5.10 Å². The number of carbonyl (C=O) groups excluding carboxylic acids is 1. The first-order valence-electron chi connectivity index (χ1n) is 6.82. The maximum Gasteiger partial charge on any atom is 0.273 e. The van der Waals surface area contributed by atoms with Crippen molar-refractivity contribution in [1.29, 1.82) is 0 Å². The van der Waals surface area contributed by atoms with Crippen LogP contribution in [0, 0.1) is 0 Å². The number of aromatic amines is 1. The Morgan fingerprint density at radius 1 is 1.18 bits per heavy atom. The standard InChI is InChI=1S/C17H15N3O2/c1-22-15-8-3-2-5-13(15)11-19-20-17(21)14-7-4-6-12-9-10-18-16(12)14/h2-11,18H,1H3,(H,20,21). The van der Waals surface area contributed by atoms with Gasteiger partial charge in [-0.15, -0.1) is 0 Å². The van der Waals surface area contributed by atoms with Crippen molar-refractivity contribution in [3.63, 3.8) is 0 Å². The highest BCUT2D eigenvalue weighted by Gasteiger charge is 2.09. The molecule has 0 radical (unpaired) electrons. The van der Waals surface area contributed by atoms with E-state index in [9.17, 15) is 4.79 Å². The van der Waals surface area contributed by atoms with Crippen molar-refractivity contribution in [3.05, 3.63) is 65.9 Å². The molecule has 0 saturated heterocycles. The van der Waals surface area contributed by atoms with E-state index in [2.05, 4.69) is 15.5 Å². The zero-order chi connectivity index (χ0) is 15.4. The highest BCUT2D eigenvalue weighted by Crippen LogP contribution is 2.17. The van der Waals surface area contributed by atoms with Gasteiger partial charge in [-0.3, -0.25) is 4.79 Å². The number of hydrazone groups is 1. The SMILES string of the molecule is COc1ccccc1C=NNC(=O)c1cccc2cc[nH]c12. The second-order valence-electron chi connectivity index (χ2n) is 4.69. The third-order valence-electron chi connectivity index (χ3n) is 3.34. The Morgan fingerprint density at radius 2 is 2.05 bits per heavy atom. The van der Waals surface area contributed by atoms with Gasteiger partial charge in [0.25, 0.3) is 5.91 Å². The molecule has 0 atom stereocenters. The Labute approximate surface area is 127 Å². The van der Waals surface area contributed by atoms with Crippen LogP contribution in [0.1, 0.15) is 15.9 Å². The fraction of sp³-hybridized carbons (Fsp3) is 0.0588. The van der Waals surface area contributed by atoms with Gasteiger partial charge in [0.2, 0.25) is 0 Å². The van der Waals surface area contributed by atoms with Crippen molar-refractivity contribution in [2.45, 2.75) is 0 Å². The van der Waals surface area contributed by atoms with Crippen molar-refractivity contribution in [3.8, 4) is 5.75 Å². The summed E-state index contributed by atoms with van der Waals surface area (Å²) in [6.45, 7) is 0. The second kappa shape index (κ2) is 6.13. The molecule has 2 N–H and O–H groups in total. The molecule has 0 spiro atoms. The van der Waals surface area contributed by atoms with Crippen LogP contribution in [0.3, 0.4) is 0 Å². The quantitative estimate of drug-likeness (QED) is 0.573. The predicted molar refractivity (Wildman–Crippen MR) is 86.4 cm³/mol. The average Bonchev–Trinajstić information content (AvgIpc) is 3.03. The minimum absolute atomic E-state index is 0.265. The van der Waals surface area contributed by atoms with Crippen molar-refractivity contribution in [2.75, 3.05) is 7.11 Å². The molecule has 0 bridgehead atoms. The molecule has 2 aromatic carbocycles. The van der Waals surface area contributed by atoms with Gasteiger partial charge in [-0.05, 0) is 24.3 Å². The molecule has 1 amide bonds. The largest absolute Gasteiger partial charge is 0.496 e. The minimum atomic E-state index is -0.265. The number of carbonyl (C=O) groups is 1. The van der Waals surface area contributed by atoms with Crippen LogP contribution in [0.4, 0.5) is 0 Å². The number of hydrogen-bond donors (Lipinski definition) is 2. The van der Waals surface area contributed by atoms with E-state index in [1.807, 2.05) is 42.5 Å². The molecule has 5 heteroatoms. The number of benzene rings is 2. The normalized spacial score (nSPS) is 11.0. The molecule has 3 rings (SSSR count). The number of aromatic nitrogens is 1. The van der Waals surface area contributed by atoms with Gasteiger partial charge in [0.1, 0.15) is 5.75 Å². The predicted octanol–water partition coefficient (Wildman–Crippen LogP) is 2.94. The molecule has 1 heterocycles. The lowest BCUT2D eigenvalue weighted by atomic mass is 10.1. The van der Waals surface area contributed by atoms with Gasteiger partial charge in [0.15, 0.2) is 0 Å². The fourth-order valence-electron chi connectivity index (χ4n) is 2.27. The Bertz CT molecular complexity index is 837. The summed E-state index contributed by atoms with van der Waals surface area (Å²) in [7, 11) is 1.59. The summed E-state index contributed by atoms with van der Waals surface area (Å²) in [4.78, 5) is 15.3. The van der Waals surface area contributed by atoms with Crippen molar-refractivity contribution >= 4 is 23.0 Å². The van der Waals surface area contributed by atoms with E-state index in [0.717, 1.165) is 16.5 Å². The molecule has 0 aliphatic carbocycles. The number of rotatable bonds is 4. The van der Waals surface area contributed by atoms with E-state index in [0.29, 0.717) is 11.3 Å². The number of H-pyrrole nitrogens is 1.